The van der Waals surface area contributed by atoms with Gasteiger partial charge in [-0.05, 0) is 0 Å². The molecule has 21 N–H and O–H groups in total. The molecule has 0 aromatic carbocycles. The number of ether oxygens (including phenoxy) is 10. The van der Waals surface area contributed by atoms with Gasteiger partial charge >= 0.3 is 5.97 Å². The van der Waals surface area contributed by atoms with Crippen LogP contribution >= 0.6 is 0 Å². The van der Waals surface area contributed by atoms with Crippen LogP contribution in [0.1, 0.15) is 27.2 Å². The summed E-state index contributed by atoms with van der Waals surface area (Å²) in [5.41, 5.74) is 0. The molecule has 0 aliphatic carbocycles. The Morgan fingerprint density at radius 3 is 1.68 bits per heavy atom. The number of rotatable bonds is 24. The van der Waals surface area contributed by atoms with Crippen LogP contribution in [0.15, 0.2) is 12.7 Å². The van der Waals surface area contributed by atoms with E-state index in [9.17, 15) is 101 Å². The van der Waals surface area contributed by atoms with Gasteiger partial charge in [0, 0.05) is 27.2 Å². The summed E-state index contributed by atoms with van der Waals surface area (Å²) in [6.07, 6.45) is -49.3. The van der Waals surface area contributed by atoms with Gasteiger partial charge in [0.05, 0.1) is 63.9 Å². The van der Waals surface area contributed by atoms with Gasteiger partial charge in [0.25, 0.3) is 5.79 Å². The first-order valence-corrected chi connectivity index (χ1v) is 24.7. The van der Waals surface area contributed by atoms with Crippen LogP contribution in [0.25, 0.3) is 0 Å². The van der Waals surface area contributed by atoms with Crippen LogP contribution in [0, 0.1) is 0 Å². The maximum atomic E-state index is 14.0. The minimum atomic E-state index is -3.27. The van der Waals surface area contributed by atoms with Crippen molar-refractivity contribution in [1.29, 1.82) is 0 Å². The number of aliphatic hydroxyl groups is 16. The van der Waals surface area contributed by atoms with Crippen molar-refractivity contribution in [1.82, 2.24) is 16.0 Å². The van der Waals surface area contributed by atoms with E-state index in [0.29, 0.717) is 0 Å². The third kappa shape index (κ3) is 15.2. The van der Waals surface area contributed by atoms with E-state index in [4.69, 9.17) is 53.3 Å². The largest absolute Gasteiger partial charge is 0.394 e. The minimum absolute atomic E-state index is 0.577. The zero-order valence-electron chi connectivity index (χ0n) is 42.7. The fourth-order valence-electron chi connectivity index (χ4n) is 9.59. The van der Waals surface area contributed by atoms with Gasteiger partial charge < -0.3 is 150 Å². The number of aliphatic hydroxyl groups excluding tert-OH is 16. The molecule has 456 valence electrons. The lowest BCUT2D eigenvalue weighted by Gasteiger charge is -2.53. The van der Waals surface area contributed by atoms with Crippen LogP contribution in [0.3, 0.4) is 0 Å². The molecule has 0 aromatic rings. The Hall–Kier alpha value is -3.46. The Balaban J connectivity index is 1.60. The maximum absolute atomic E-state index is 14.0. The zero-order valence-corrected chi connectivity index (χ0v) is 42.7. The van der Waals surface area contributed by atoms with Crippen LogP contribution in [-0.4, -0.2) is 316 Å². The van der Waals surface area contributed by atoms with Crippen molar-refractivity contribution in [3.63, 3.8) is 0 Å². The highest BCUT2D eigenvalue weighted by Gasteiger charge is 2.62. The maximum Gasteiger partial charge on any atom is 0.385 e. The molecule has 0 saturated carbocycles. The highest BCUT2D eigenvalue weighted by atomic mass is 16.8. The lowest BCUT2D eigenvalue weighted by Crippen LogP contribution is -2.72. The number of hydrogen-bond acceptors (Lipinski definition) is 32. The Labute approximate surface area is 448 Å². The van der Waals surface area contributed by atoms with Gasteiger partial charge in [-0.25, -0.2) is 4.79 Å². The van der Waals surface area contributed by atoms with Crippen molar-refractivity contribution in [2.75, 3.05) is 39.6 Å². The molecule has 79 heavy (non-hydrogen) atoms. The topological polar surface area (TPSA) is 556 Å². The van der Waals surface area contributed by atoms with E-state index in [1.165, 1.54) is 0 Å². The lowest BCUT2D eigenvalue weighted by atomic mass is 9.88. The summed E-state index contributed by atoms with van der Waals surface area (Å²) in [4.78, 5) is 55.6. The van der Waals surface area contributed by atoms with E-state index >= 15 is 0 Å². The number of carbonyl (C=O) groups excluding carboxylic acids is 4. The molecule has 35 heteroatoms. The summed E-state index contributed by atoms with van der Waals surface area (Å²) in [7, 11) is 0. The summed E-state index contributed by atoms with van der Waals surface area (Å²) < 4.78 is 58.8. The third-order valence-electron chi connectivity index (χ3n) is 13.6. The second kappa shape index (κ2) is 29.2. The molecular weight excluding hydrogens is 1080 g/mol. The summed E-state index contributed by atoms with van der Waals surface area (Å²) in [5, 5.41) is 181. The van der Waals surface area contributed by atoms with Gasteiger partial charge in [-0.15, -0.1) is 6.58 Å². The van der Waals surface area contributed by atoms with Gasteiger partial charge in [0.2, 0.25) is 17.7 Å². The van der Waals surface area contributed by atoms with Crippen molar-refractivity contribution in [3.05, 3.63) is 12.7 Å². The number of nitrogens with two attached hydrogens (primary N) is 1. The number of nitrogens with one attached hydrogen (secondary N) is 3. The molecule has 0 bridgehead atoms. The molecular formula is C44H74N4O31. The van der Waals surface area contributed by atoms with Gasteiger partial charge in [0.1, 0.15) is 116 Å². The summed E-state index contributed by atoms with van der Waals surface area (Å²) >= 11 is 0. The smallest absolute Gasteiger partial charge is 0.385 e. The molecule has 28 atom stereocenters. The van der Waals surface area contributed by atoms with Crippen molar-refractivity contribution >= 4 is 23.7 Å². The van der Waals surface area contributed by atoms with Crippen LogP contribution in [0.4, 0.5) is 0 Å². The first-order chi connectivity index (χ1) is 37.3. The summed E-state index contributed by atoms with van der Waals surface area (Å²) in [6, 6.07) is -4.81. The second-order valence-electron chi connectivity index (χ2n) is 19.3. The van der Waals surface area contributed by atoms with E-state index in [-0.39, 0.29) is 0 Å². The monoisotopic (exact) mass is 1150 g/mol. The second-order valence-corrected chi connectivity index (χ2v) is 19.3. The van der Waals surface area contributed by atoms with Crippen molar-refractivity contribution in [2.24, 2.45) is 5.90 Å². The van der Waals surface area contributed by atoms with E-state index in [1.54, 1.807) is 0 Å². The molecule has 0 spiro atoms. The molecule has 5 saturated heterocycles. The quantitative estimate of drug-likeness (QED) is 0.0315. The number of amides is 3. The Bertz CT molecular complexity index is 1980. The van der Waals surface area contributed by atoms with Crippen molar-refractivity contribution in [3.8, 4) is 0 Å². The standard InChI is InChI=1S/C44H74N4O31/c1-5-17(57)16(46-13(2)54)12-69-40-32(66)30(64)34(22(10-52)72-40)74-42-33(67)38(78-44(43(68)79-45)6-18(58)24(47-14(3)55)37(77-44)26(60)19(59)7-49)35(23(11-53)73-42)75-39-25(48-15(4)56)36(28(62)21(9-51)70-39)76-41-31(65)29(63)27(61)20(8-50)71-41/h5,16-42,49-53,57-67H,1,6-12,45H2,2-4H3,(H,46,54)(H,47,55)(H,48,56)/t16?,17?,18-,19?,20?,21?,22+,23?,24?,25+,26?,27+,28+,29+,30?,31+,32?,33+,34?,35+,36-,37?,38-,39?,40-,41?,42?,44+/m1/s1. The average Bonchev–Trinajstić information content (AvgIpc) is 3.46. The molecule has 35 nitrogen and oxygen atoms in total. The highest BCUT2D eigenvalue weighted by Crippen LogP contribution is 2.41. The van der Waals surface area contributed by atoms with Crippen LogP contribution < -0.4 is 21.8 Å². The molecule has 15 unspecified atom stereocenters. The van der Waals surface area contributed by atoms with Crippen molar-refractivity contribution < 1.29 is 153 Å². The third-order valence-corrected chi connectivity index (χ3v) is 13.6. The SMILES string of the molecule is C=CC(O)C(CO[C@@H]1O[C@@H](CO)C(OC2OC(CO)[C@H](OC3OC(CO)[C@H](O)[C@H](OC4OC(CO)[C@H](O)[C@H](O)[C@@H]4O)[C@@H]3NC(C)=O)[C@H](O[C@]3(C(=O)ON)C[C@@H](O)C(NC(C)=O)C(C(O)C(O)CO)O3)[C@@H]2O)C(O)C1O)NC(C)=O. The number of carbonyl (C=O) groups is 4. The highest BCUT2D eigenvalue weighted by molar-refractivity contribution is 5.78. The first-order valence-electron chi connectivity index (χ1n) is 24.7. The minimum Gasteiger partial charge on any atom is -0.394 e. The van der Waals surface area contributed by atoms with Gasteiger partial charge in [-0.2, -0.15) is 5.90 Å². The van der Waals surface area contributed by atoms with E-state index in [2.05, 4.69) is 27.4 Å². The average molecular weight is 1160 g/mol. The molecule has 5 heterocycles. The molecule has 5 aliphatic rings. The molecule has 3 amide bonds. The normalized spacial score (nSPS) is 42.4. The number of hydrogen-bond donors (Lipinski definition) is 20. The molecule has 5 aliphatic heterocycles. The summed E-state index contributed by atoms with van der Waals surface area (Å²) in [5.74, 6) is -2.11. The Kier molecular flexibility index (Phi) is 24.5. The van der Waals surface area contributed by atoms with Crippen LogP contribution in [-0.2, 0) is 71.4 Å². The van der Waals surface area contributed by atoms with Crippen molar-refractivity contribution in [2.45, 2.75) is 198 Å². The first kappa shape index (κ1) is 66.3. The molecule has 0 aromatic heterocycles. The summed E-state index contributed by atoms with van der Waals surface area (Å²) in [6.45, 7) is 0.395. The Morgan fingerprint density at radius 2 is 1.13 bits per heavy atom. The Morgan fingerprint density at radius 1 is 0.620 bits per heavy atom. The lowest BCUT2D eigenvalue weighted by molar-refractivity contribution is -0.403. The molecule has 5 rings (SSSR count). The van der Waals surface area contributed by atoms with E-state index in [0.717, 1.165) is 26.8 Å². The molecule has 0 radical (unpaired) electrons. The predicted octanol–water partition coefficient (Wildman–Crippen LogP) is -13.0. The van der Waals surface area contributed by atoms with E-state index in [1.807, 2.05) is 0 Å². The van der Waals surface area contributed by atoms with Gasteiger partial charge in [-0.3, -0.25) is 14.4 Å². The molecule has 5 fully saturated rings. The fraction of sp³-hybridized carbons (Fsp3) is 0.864. The van der Waals surface area contributed by atoms with Gasteiger partial charge in [0.15, 0.2) is 25.2 Å². The van der Waals surface area contributed by atoms with Crippen LogP contribution in [0.5, 0.6) is 0 Å². The zero-order chi connectivity index (χ0) is 59.0. The van der Waals surface area contributed by atoms with Crippen LogP contribution in [0.2, 0.25) is 0 Å². The fourth-order valence-corrected chi connectivity index (χ4v) is 9.59. The van der Waals surface area contributed by atoms with Gasteiger partial charge in [-0.1, -0.05) is 6.08 Å². The predicted molar refractivity (Wildman–Crippen MR) is 247 cm³/mol. The van der Waals surface area contributed by atoms with E-state index < -0.39 is 241 Å².